The van der Waals surface area contributed by atoms with Crippen LogP contribution in [0.15, 0.2) is 30.3 Å². The summed E-state index contributed by atoms with van der Waals surface area (Å²) in [4.78, 5) is 12.0. The Bertz CT molecular complexity index is 285. The van der Waals surface area contributed by atoms with Crippen LogP contribution in [0.1, 0.15) is 11.7 Å². The molecule has 1 aromatic rings. The number of hydrogen-bond donors (Lipinski definition) is 0. The van der Waals surface area contributed by atoms with E-state index in [1.54, 1.807) is 43.3 Å². The second kappa shape index (κ2) is 4.00. The van der Waals surface area contributed by atoms with Gasteiger partial charge in [-0.05, 0) is 14.1 Å². The fourth-order valence-electron chi connectivity index (χ4n) is 1.23. The Kier molecular flexibility index (Phi) is 2.97. The highest BCUT2D eigenvalue weighted by Gasteiger charge is 2.24. The molecule has 1 aromatic carbocycles. The van der Waals surface area contributed by atoms with Crippen LogP contribution in [0, 0.1) is 10.1 Å². The number of benzene rings is 1. The van der Waals surface area contributed by atoms with Crippen LogP contribution in [0.5, 0.6) is 0 Å². The lowest BCUT2D eigenvalue weighted by Gasteiger charge is -2.15. The number of hydrogen-bond acceptors (Lipinski definition) is 3. The summed E-state index contributed by atoms with van der Waals surface area (Å²) in [5, 5.41) is 10.7. The van der Waals surface area contributed by atoms with Gasteiger partial charge in [0.15, 0.2) is 0 Å². The van der Waals surface area contributed by atoms with Crippen LogP contribution in [0.2, 0.25) is 0 Å². The van der Waals surface area contributed by atoms with Crippen molar-refractivity contribution in [3.63, 3.8) is 0 Å². The van der Waals surface area contributed by atoms with Gasteiger partial charge in [-0.3, -0.25) is 10.1 Å². The Hall–Kier alpha value is -1.42. The van der Waals surface area contributed by atoms with Crippen molar-refractivity contribution >= 4 is 0 Å². The molecule has 0 aromatic heterocycles. The van der Waals surface area contributed by atoms with Crippen molar-refractivity contribution < 1.29 is 4.92 Å². The zero-order valence-corrected chi connectivity index (χ0v) is 7.68. The molecule has 13 heavy (non-hydrogen) atoms. The highest BCUT2D eigenvalue weighted by Crippen LogP contribution is 2.17. The van der Waals surface area contributed by atoms with Gasteiger partial charge in [0, 0.05) is 10.5 Å². The van der Waals surface area contributed by atoms with Crippen molar-refractivity contribution in [1.82, 2.24) is 4.90 Å². The van der Waals surface area contributed by atoms with Gasteiger partial charge in [0.05, 0.1) is 0 Å². The van der Waals surface area contributed by atoms with Crippen molar-refractivity contribution in [2.75, 3.05) is 14.1 Å². The van der Waals surface area contributed by atoms with E-state index in [0.29, 0.717) is 5.56 Å². The lowest BCUT2D eigenvalue weighted by atomic mass is 10.2. The van der Waals surface area contributed by atoms with Crippen LogP contribution in [-0.4, -0.2) is 23.9 Å². The Labute approximate surface area is 76.9 Å². The topological polar surface area (TPSA) is 46.4 Å². The maximum absolute atomic E-state index is 10.7. The quantitative estimate of drug-likeness (QED) is 0.402. The van der Waals surface area contributed by atoms with Crippen LogP contribution >= 0.6 is 0 Å². The molecule has 0 saturated carbocycles. The smallest absolute Gasteiger partial charge is 0.262 e. The minimum absolute atomic E-state index is 0.296. The Morgan fingerprint density at radius 2 is 1.85 bits per heavy atom. The van der Waals surface area contributed by atoms with Crippen molar-refractivity contribution in [3.05, 3.63) is 46.0 Å². The summed E-state index contributed by atoms with van der Waals surface area (Å²) in [7, 11) is 3.39. The highest BCUT2D eigenvalue weighted by atomic mass is 16.6. The van der Waals surface area contributed by atoms with E-state index in [1.165, 1.54) is 0 Å². The Balaban J connectivity index is 2.96. The van der Waals surface area contributed by atoms with E-state index >= 15 is 0 Å². The van der Waals surface area contributed by atoms with Crippen molar-refractivity contribution in [3.8, 4) is 0 Å². The van der Waals surface area contributed by atoms with E-state index in [1.807, 2.05) is 6.07 Å². The molecule has 0 spiro atoms. The number of nitrogens with zero attached hydrogens (tertiary/aromatic N) is 2. The van der Waals surface area contributed by atoms with Crippen LogP contribution in [0.25, 0.3) is 0 Å². The average molecular weight is 180 g/mol. The van der Waals surface area contributed by atoms with Crippen LogP contribution in [0.3, 0.4) is 0 Å². The maximum Gasteiger partial charge on any atom is 0.293 e. The summed E-state index contributed by atoms with van der Waals surface area (Å²) in [6.45, 7) is 0. The van der Waals surface area contributed by atoms with E-state index < -0.39 is 6.17 Å². The second-order valence-electron chi connectivity index (χ2n) is 3.03. The minimum atomic E-state index is -0.749. The molecule has 4 heteroatoms. The normalized spacial score (nSPS) is 12.8. The molecule has 0 saturated heterocycles. The van der Waals surface area contributed by atoms with E-state index in [4.69, 9.17) is 0 Å². The molecule has 0 N–H and O–H groups in total. The van der Waals surface area contributed by atoms with E-state index in [2.05, 4.69) is 0 Å². The lowest BCUT2D eigenvalue weighted by molar-refractivity contribution is -0.555. The molecule has 0 bridgehead atoms. The fraction of sp³-hybridized carbons (Fsp3) is 0.333. The van der Waals surface area contributed by atoms with Gasteiger partial charge in [0.1, 0.15) is 0 Å². The highest BCUT2D eigenvalue weighted by molar-refractivity contribution is 5.16. The largest absolute Gasteiger partial charge is 0.293 e. The second-order valence-corrected chi connectivity index (χ2v) is 3.03. The van der Waals surface area contributed by atoms with Gasteiger partial charge in [-0.15, -0.1) is 0 Å². The van der Waals surface area contributed by atoms with Crippen LogP contribution in [-0.2, 0) is 0 Å². The zero-order valence-electron chi connectivity index (χ0n) is 7.68. The summed E-state index contributed by atoms with van der Waals surface area (Å²) < 4.78 is 0. The Morgan fingerprint density at radius 1 is 1.31 bits per heavy atom. The van der Waals surface area contributed by atoms with Gasteiger partial charge >= 0.3 is 0 Å². The zero-order chi connectivity index (χ0) is 9.84. The first-order valence-corrected chi connectivity index (χ1v) is 3.98. The summed E-state index contributed by atoms with van der Waals surface area (Å²) >= 11 is 0. The summed E-state index contributed by atoms with van der Waals surface area (Å²) in [6.07, 6.45) is -0.749. The monoisotopic (exact) mass is 180 g/mol. The molecule has 0 amide bonds. The predicted octanol–water partition coefficient (Wildman–Crippen LogP) is 1.52. The summed E-state index contributed by atoms with van der Waals surface area (Å²) in [5.41, 5.74) is 0.706. The molecule has 0 aliphatic rings. The van der Waals surface area contributed by atoms with Crippen LogP contribution < -0.4 is 0 Å². The maximum atomic E-state index is 10.7. The van der Waals surface area contributed by atoms with Gasteiger partial charge < -0.3 is 0 Å². The molecule has 1 unspecified atom stereocenters. The fourth-order valence-corrected chi connectivity index (χ4v) is 1.23. The third-order valence-corrected chi connectivity index (χ3v) is 1.79. The standard InChI is InChI=1S/C9H12N2O2/c1-10(2)9(11(12)13)8-6-4-3-5-7-8/h3-7,9H,1-2H3. The van der Waals surface area contributed by atoms with Crippen molar-refractivity contribution in [1.29, 1.82) is 0 Å². The summed E-state index contributed by atoms with van der Waals surface area (Å²) in [5.74, 6) is 0. The van der Waals surface area contributed by atoms with Gasteiger partial charge in [-0.1, -0.05) is 30.3 Å². The number of rotatable bonds is 3. The van der Waals surface area contributed by atoms with Crippen LogP contribution in [0.4, 0.5) is 0 Å². The van der Waals surface area contributed by atoms with E-state index in [9.17, 15) is 10.1 Å². The van der Waals surface area contributed by atoms with Crippen molar-refractivity contribution in [2.24, 2.45) is 0 Å². The van der Waals surface area contributed by atoms with E-state index in [-0.39, 0.29) is 4.92 Å². The lowest BCUT2D eigenvalue weighted by Crippen LogP contribution is -2.26. The molecule has 0 aliphatic heterocycles. The molecule has 0 radical (unpaired) electrons. The summed E-state index contributed by atoms with van der Waals surface area (Å²) in [6, 6.07) is 8.96. The van der Waals surface area contributed by atoms with Gasteiger partial charge in [-0.2, -0.15) is 0 Å². The molecule has 4 nitrogen and oxygen atoms in total. The minimum Gasteiger partial charge on any atom is -0.262 e. The van der Waals surface area contributed by atoms with Gasteiger partial charge in [0.2, 0.25) is 0 Å². The molecular weight excluding hydrogens is 168 g/mol. The molecular formula is C9H12N2O2. The third kappa shape index (κ3) is 2.26. The molecule has 0 aliphatic carbocycles. The first-order valence-electron chi connectivity index (χ1n) is 3.98. The third-order valence-electron chi connectivity index (χ3n) is 1.79. The molecule has 70 valence electrons. The first-order chi connectivity index (χ1) is 6.13. The van der Waals surface area contributed by atoms with Crippen molar-refractivity contribution in [2.45, 2.75) is 6.17 Å². The predicted molar refractivity (Wildman–Crippen MR) is 49.9 cm³/mol. The average Bonchev–Trinajstić information content (AvgIpc) is 2.04. The first kappa shape index (κ1) is 9.67. The van der Waals surface area contributed by atoms with Gasteiger partial charge in [-0.25, -0.2) is 4.90 Å². The molecule has 0 fully saturated rings. The Morgan fingerprint density at radius 3 is 2.23 bits per heavy atom. The molecule has 0 heterocycles. The SMILES string of the molecule is CN(C)C(c1ccccc1)[N+](=O)[O-]. The number of nitro groups is 1. The molecule has 1 rings (SSSR count). The van der Waals surface area contributed by atoms with E-state index in [0.717, 1.165) is 0 Å². The van der Waals surface area contributed by atoms with Gasteiger partial charge in [0.25, 0.3) is 6.17 Å². The molecule has 1 atom stereocenters.